The molecule has 1 aliphatic heterocycles. The van der Waals surface area contributed by atoms with Gasteiger partial charge in [-0.25, -0.2) is 4.68 Å². The first-order valence-corrected chi connectivity index (χ1v) is 5.54. The van der Waals surface area contributed by atoms with E-state index in [0.717, 1.165) is 19.5 Å². The van der Waals surface area contributed by atoms with Crippen LogP contribution in [-0.2, 0) is 11.3 Å². The minimum atomic E-state index is 0.0873. The largest absolute Gasteiger partial charge is 0.341 e. The number of nitrogens with zero attached hydrogens (tertiary/aromatic N) is 4. The fourth-order valence-electron chi connectivity index (χ4n) is 1.95. The maximum absolute atomic E-state index is 11.9. The van der Waals surface area contributed by atoms with E-state index in [1.54, 1.807) is 17.1 Å². The summed E-state index contributed by atoms with van der Waals surface area (Å²) >= 11 is 0. The number of aromatic nitrogens is 3. The number of rotatable bonds is 2. The van der Waals surface area contributed by atoms with E-state index in [2.05, 4.69) is 17.2 Å². The standard InChI is InChI=1S/C10H17N5O/c1-8-6-14(4-2-9(8)11)10(16)7-15-5-3-12-13-15/h3,5,8-9H,2,4,6-7,11H2,1H3. The highest BCUT2D eigenvalue weighted by Gasteiger charge is 2.26. The fraction of sp³-hybridized carbons (Fsp3) is 0.700. The lowest BCUT2D eigenvalue weighted by Crippen LogP contribution is -2.49. The van der Waals surface area contributed by atoms with Gasteiger partial charge >= 0.3 is 0 Å². The normalized spacial score (nSPS) is 25.8. The maximum atomic E-state index is 11.9. The van der Waals surface area contributed by atoms with E-state index in [1.807, 2.05) is 4.90 Å². The van der Waals surface area contributed by atoms with Crippen molar-refractivity contribution in [1.29, 1.82) is 0 Å². The third-order valence-electron chi connectivity index (χ3n) is 3.09. The summed E-state index contributed by atoms with van der Waals surface area (Å²) in [7, 11) is 0. The lowest BCUT2D eigenvalue weighted by molar-refractivity contribution is -0.134. The van der Waals surface area contributed by atoms with Gasteiger partial charge in [-0.1, -0.05) is 12.1 Å². The van der Waals surface area contributed by atoms with Gasteiger partial charge in [0.05, 0.1) is 6.20 Å². The van der Waals surface area contributed by atoms with Crippen molar-refractivity contribution >= 4 is 5.91 Å². The van der Waals surface area contributed by atoms with Crippen molar-refractivity contribution in [1.82, 2.24) is 19.9 Å². The van der Waals surface area contributed by atoms with Gasteiger partial charge < -0.3 is 10.6 Å². The number of likely N-dealkylation sites (tertiary alicyclic amines) is 1. The van der Waals surface area contributed by atoms with Crippen molar-refractivity contribution in [3.05, 3.63) is 12.4 Å². The van der Waals surface area contributed by atoms with E-state index in [9.17, 15) is 4.79 Å². The zero-order chi connectivity index (χ0) is 11.5. The number of nitrogens with two attached hydrogens (primary N) is 1. The minimum Gasteiger partial charge on any atom is -0.341 e. The summed E-state index contributed by atoms with van der Waals surface area (Å²) in [6, 6.07) is 0.218. The van der Waals surface area contributed by atoms with Gasteiger partial charge in [-0.2, -0.15) is 0 Å². The van der Waals surface area contributed by atoms with Crippen LogP contribution in [0, 0.1) is 5.92 Å². The SMILES string of the molecule is CC1CN(C(=O)Cn2ccnn2)CCC1N. The summed E-state index contributed by atoms with van der Waals surface area (Å²) in [6.45, 7) is 3.84. The third kappa shape index (κ3) is 2.38. The lowest BCUT2D eigenvalue weighted by Gasteiger charge is -2.35. The van der Waals surface area contributed by atoms with E-state index in [0.29, 0.717) is 5.92 Å². The molecule has 0 aromatic carbocycles. The van der Waals surface area contributed by atoms with Gasteiger partial charge in [0.25, 0.3) is 0 Å². The smallest absolute Gasteiger partial charge is 0.244 e. The molecular weight excluding hydrogens is 206 g/mol. The van der Waals surface area contributed by atoms with Gasteiger partial charge in [0.15, 0.2) is 0 Å². The second-order valence-corrected chi connectivity index (χ2v) is 4.37. The van der Waals surface area contributed by atoms with Crippen molar-refractivity contribution < 1.29 is 4.79 Å². The van der Waals surface area contributed by atoms with Crippen LogP contribution in [0.2, 0.25) is 0 Å². The Morgan fingerprint density at radius 2 is 2.44 bits per heavy atom. The van der Waals surface area contributed by atoms with E-state index in [1.165, 1.54) is 0 Å². The topological polar surface area (TPSA) is 77.0 Å². The molecule has 0 saturated carbocycles. The van der Waals surface area contributed by atoms with Crippen molar-refractivity contribution in [2.75, 3.05) is 13.1 Å². The third-order valence-corrected chi connectivity index (χ3v) is 3.09. The quantitative estimate of drug-likeness (QED) is 0.731. The first-order chi connectivity index (χ1) is 7.66. The number of piperidine rings is 1. The van der Waals surface area contributed by atoms with Crippen LogP contribution in [0.15, 0.2) is 12.4 Å². The number of hydrogen-bond acceptors (Lipinski definition) is 4. The Morgan fingerprint density at radius 1 is 1.62 bits per heavy atom. The van der Waals surface area contributed by atoms with Crippen LogP contribution in [0.1, 0.15) is 13.3 Å². The molecule has 88 valence electrons. The first-order valence-electron chi connectivity index (χ1n) is 5.54. The first kappa shape index (κ1) is 11.1. The van der Waals surface area contributed by atoms with Crippen molar-refractivity contribution in [3.8, 4) is 0 Å². The van der Waals surface area contributed by atoms with Crippen LogP contribution in [0.4, 0.5) is 0 Å². The predicted octanol–water partition coefficient (Wildman–Crippen LogP) is -0.526. The molecule has 6 nitrogen and oxygen atoms in total. The van der Waals surface area contributed by atoms with Crippen LogP contribution >= 0.6 is 0 Å². The molecule has 2 N–H and O–H groups in total. The molecule has 2 heterocycles. The summed E-state index contributed by atoms with van der Waals surface area (Å²) in [5.74, 6) is 0.456. The average Bonchev–Trinajstić information content (AvgIpc) is 2.74. The molecule has 0 radical (unpaired) electrons. The van der Waals surface area contributed by atoms with E-state index in [4.69, 9.17) is 5.73 Å². The zero-order valence-electron chi connectivity index (χ0n) is 9.41. The molecule has 0 spiro atoms. The Bertz CT molecular complexity index is 350. The van der Waals surface area contributed by atoms with Crippen LogP contribution in [0.25, 0.3) is 0 Å². The molecule has 2 unspecified atom stereocenters. The van der Waals surface area contributed by atoms with Gasteiger partial charge in [-0.15, -0.1) is 5.10 Å². The fourth-order valence-corrected chi connectivity index (χ4v) is 1.95. The maximum Gasteiger partial charge on any atom is 0.244 e. The Kier molecular flexibility index (Phi) is 3.19. The van der Waals surface area contributed by atoms with E-state index in [-0.39, 0.29) is 18.5 Å². The van der Waals surface area contributed by atoms with Crippen LogP contribution < -0.4 is 5.73 Å². The molecule has 1 saturated heterocycles. The highest BCUT2D eigenvalue weighted by molar-refractivity contribution is 5.76. The molecular formula is C10H17N5O. The molecule has 1 fully saturated rings. The second kappa shape index (κ2) is 4.61. The Labute approximate surface area is 94.4 Å². The summed E-state index contributed by atoms with van der Waals surface area (Å²) < 4.78 is 1.54. The van der Waals surface area contributed by atoms with Crippen LogP contribution in [0.3, 0.4) is 0 Å². The predicted molar refractivity (Wildman–Crippen MR) is 58.4 cm³/mol. The van der Waals surface area contributed by atoms with E-state index < -0.39 is 0 Å². The molecule has 1 amide bonds. The lowest BCUT2D eigenvalue weighted by atomic mass is 9.95. The molecule has 6 heteroatoms. The van der Waals surface area contributed by atoms with Crippen molar-refractivity contribution in [2.45, 2.75) is 25.9 Å². The van der Waals surface area contributed by atoms with Crippen LogP contribution in [-0.4, -0.2) is 44.9 Å². The van der Waals surface area contributed by atoms with Gasteiger partial charge in [0, 0.05) is 25.3 Å². The van der Waals surface area contributed by atoms with Gasteiger partial charge in [-0.05, 0) is 12.3 Å². The van der Waals surface area contributed by atoms with Crippen molar-refractivity contribution in [2.24, 2.45) is 11.7 Å². The number of amides is 1. The molecule has 1 aliphatic rings. The van der Waals surface area contributed by atoms with Crippen LogP contribution in [0.5, 0.6) is 0 Å². The van der Waals surface area contributed by atoms with Crippen molar-refractivity contribution in [3.63, 3.8) is 0 Å². The molecule has 0 bridgehead atoms. The molecule has 2 rings (SSSR count). The molecule has 2 atom stereocenters. The monoisotopic (exact) mass is 223 g/mol. The Hall–Kier alpha value is -1.43. The zero-order valence-corrected chi connectivity index (χ0v) is 9.41. The number of hydrogen-bond donors (Lipinski definition) is 1. The van der Waals surface area contributed by atoms with E-state index >= 15 is 0 Å². The average molecular weight is 223 g/mol. The second-order valence-electron chi connectivity index (χ2n) is 4.37. The number of carbonyl (C=O) groups is 1. The molecule has 16 heavy (non-hydrogen) atoms. The summed E-state index contributed by atoms with van der Waals surface area (Å²) in [6.07, 6.45) is 4.14. The summed E-state index contributed by atoms with van der Waals surface area (Å²) in [5, 5.41) is 7.45. The van der Waals surface area contributed by atoms with Gasteiger partial charge in [0.1, 0.15) is 6.54 Å². The molecule has 1 aromatic rings. The van der Waals surface area contributed by atoms with Gasteiger partial charge in [0.2, 0.25) is 5.91 Å². The highest BCUT2D eigenvalue weighted by Crippen LogP contribution is 2.15. The van der Waals surface area contributed by atoms with Gasteiger partial charge in [-0.3, -0.25) is 4.79 Å². The summed E-state index contributed by atoms with van der Waals surface area (Å²) in [5.41, 5.74) is 5.91. The number of carbonyl (C=O) groups excluding carboxylic acids is 1. The summed E-state index contributed by atoms with van der Waals surface area (Å²) in [4.78, 5) is 13.8. The minimum absolute atomic E-state index is 0.0873. The molecule has 0 aliphatic carbocycles. The molecule has 1 aromatic heterocycles. The Balaban J connectivity index is 1.90. The highest BCUT2D eigenvalue weighted by atomic mass is 16.2. The Morgan fingerprint density at radius 3 is 3.06 bits per heavy atom.